The number of aromatic amines is 2. The minimum atomic E-state index is -1.31. The number of allylic oxidation sites excluding steroid dienone is 1. The molecule has 0 aliphatic carbocycles. The number of carbonyl (C=O) groups is 2. The molecule has 2 aromatic carbocycles. The van der Waals surface area contributed by atoms with Gasteiger partial charge >= 0.3 is 0 Å². The molecule has 4 heterocycles. The normalized spacial score (nSPS) is 11.6. The molecule has 2 atom stereocenters. The van der Waals surface area contributed by atoms with Gasteiger partial charge in [0.05, 0.1) is 28.9 Å². The summed E-state index contributed by atoms with van der Waals surface area (Å²) in [6.07, 6.45) is 8.42. The maximum atomic E-state index is 12.5. The number of benzene rings is 2. The fraction of sp³-hybridized carbons (Fsp3) is 0.152. The van der Waals surface area contributed by atoms with Crippen molar-refractivity contribution in [2.24, 2.45) is 0 Å². The van der Waals surface area contributed by atoms with Gasteiger partial charge in [0.1, 0.15) is 12.5 Å². The van der Waals surface area contributed by atoms with Crippen LogP contribution < -0.4 is 10.6 Å². The standard InChI is InChI=1S/C17H16N4O2S.C14H12N4O3S.C2H6/c1-2-6-14(16(22)18-13-7-4-3-5-8-13)24-17-19-15(20-21-17)12-9-10-23-11-12;19-12(15-10-4-2-1-3-5-10)13(20)22-14-16-11(17-18-14)9-6-7-21-8-9;1-2/h2-5,7-11,14H,1,6H2,(H,18,22)(H,19,20,21);1-8,13,20H,(H,15,19)(H,16,17,18);1-2H3. The van der Waals surface area contributed by atoms with E-state index in [9.17, 15) is 14.7 Å². The predicted octanol–water partition coefficient (Wildman–Crippen LogP) is 6.88. The van der Waals surface area contributed by atoms with E-state index in [2.05, 4.69) is 47.6 Å². The molecule has 6 rings (SSSR count). The first kappa shape index (κ1) is 35.5. The maximum Gasteiger partial charge on any atom is 0.264 e. The Morgan fingerprint density at radius 3 is 1.73 bits per heavy atom. The van der Waals surface area contributed by atoms with Gasteiger partial charge in [-0.3, -0.25) is 19.8 Å². The number of nitrogens with one attached hydrogen (secondary N) is 4. The van der Waals surface area contributed by atoms with Crippen molar-refractivity contribution >= 4 is 46.7 Å². The van der Waals surface area contributed by atoms with Gasteiger partial charge < -0.3 is 24.6 Å². The molecule has 0 radical (unpaired) electrons. The van der Waals surface area contributed by atoms with Crippen LogP contribution in [-0.4, -0.2) is 58.0 Å². The number of aromatic nitrogens is 6. The number of furan rings is 2. The van der Waals surface area contributed by atoms with Crippen molar-refractivity contribution < 1.29 is 23.5 Å². The van der Waals surface area contributed by atoms with Crippen LogP contribution in [0.15, 0.2) is 130 Å². The third-order valence-corrected chi connectivity index (χ3v) is 7.88. The zero-order chi connectivity index (χ0) is 34.1. The summed E-state index contributed by atoms with van der Waals surface area (Å²) in [4.78, 5) is 32.9. The minimum Gasteiger partial charge on any atom is -0.472 e. The van der Waals surface area contributed by atoms with E-state index in [1.54, 1.807) is 55.0 Å². The fourth-order valence-corrected chi connectivity index (χ4v) is 5.27. The van der Waals surface area contributed by atoms with Crippen molar-refractivity contribution in [2.45, 2.75) is 41.3 Å². The number of rotatable bonds is 12. The van der Waals surface area contributed by atoms with E-state index in [0.717, 1.165) is 28.6 Å². The molecule has 0 spiro atoms. The van der Waals surface area contributed by atoms with E-state index in [-0.39, 0.29) is 16.3 Å². The largest absolute Gasteiger partial charge is 0.472 e. The highest BCUT2D eigenvalue weighted by Gasteiger charge is 2.22. The van der Waals surface area contributed by atoms with E-state index in [1.807, 2.05) is 50.2 Å². The van der Waals surface area contributed by atoms with Crippen LogP contribution in [-0.2, 0) is 9.59 Å². The molecule has 0 aliphatic rings. The molecule has 6 aromatic rings. The molecule has 4 aromatic heterocycles. The van der Waals surface area contributed by atoms with Crippen LogP contribution in [0, 0.1) is 0 Å². The summed E-state index contributed by atoms with van der Waals surface area (Å²) in [5, 5.41) is 29.5. The number of hydrogen-bond acceptors (Lipinski definition) is 11. The van der Waals surface area contributed by atoms with Crippen LogP contribution in [0.2, 0.25) is 0 Å². The lowest BCUT2D eigenvalue weighted by atomic mass is 10.2. The van der Waals surface area contributed by atoms with Crippen LogP contribution in [0.5, 0.6) is 0 Å². The van der Waals surface area contributed by atoms with Crippen LogP contribution >= 0.6 is 23.5 Å². The molecule has 0 aliphatic heterocycles. The monoisotopic (exact) mass is 686 g/mol. The van der Waals surface area contributed by atoms with Gasteiger partial charge in [-0.05, 0) is 54.6 Å². The maximum absolute atomic E-state index is 12.5. The first-order chi connectivity index (χ1) is 23.5. The molecule has 248 valence electrons. The van der Waals surface area contributed by atoms with Gasteiger partial charge in [-0.25, -0.2) is 9.97 Å². The number of nitrogens with zero attached hydrogens (tertiary/aromatic N) is 4. The van der Waals surface area contributed by atoms with E-state index >= 15 is 0 Å². The van der Waals surface area contributed by atoms with Crippen molar-refractivity contribution in [2.75, 3.05) is 10.6 Å². The van der Waals surface area contributed by atoms with Gasteiger partial charge in [0.2, 0.25) is 16.2 Å². The second-order valence-electron chi connectivity index (χ2n) is 9.27. The molecule has 5 N–H and O–H groups in total. The highest BCUT2D eigenvalue weighted by Crippen LogP contribution is 2.26. The lowest BCUT2D eigenvalue weighted by Gasteiger charge is -2.13. The van der Waals surface area contributed by atoms with E-state index in [0.29, 0.717) is 28.9 Å². The highest BCUT2D eigenvalue weighted by molar-refractivity contribution is 8.00. The molecule has 0 fully saturated rings. The SMILES string of the molecule is C=CCC(Sc1n[nH]c(-c2ccoc2)n1)C(=O)Nc1ccccc1.CC.O=C(Nc1ccccc1)C(O)Sc1n[nH]c(-c2ccoc2)n1. The molecular formula is C33H34N8O5S2. The summed E-state index contributed by atoms with van der Waals surface area (Å²) in [6.45, 7) is 7.72. The fourth-order valence-electron chi connectivity index (χ4n) is 3.77. The first-order valence-electron chi connectivity index (χ1n) is 14.7. The van der Waals surface area contributed by atoms with Gasteiger partial charge in [-0.2, -0.15) is 0 Å². The summed E-state index contributed by atoms with van der Waals surface area (Å²) in [5.41, 5.74) is 1.60. The number of hydrogen-bond donors (Lipinski definition) is 5. The van der Waals surface area contributed by atoms with Crippen LogP contribution in [0.25, 0.3) is 22.8 Å². The number of thioether (sulfide) groups is 2. The molecule has 0 saturated carbocycles. The first-order valence-corrected chi connectivity index (χ1v) is 16.5. The Morgan fingerprint density at radius 1 is 0.792 bits per heavy atom. The second kappa shape index (κ2) is 18.7. The summed E-state index contributed by atoms with van der Waals surface area (Å²) in [5.74, 6) is 0.464. The van der Waals surface area contributed by atoms with Crippen LogP contribution in [0.4, 0.5) is 11.4 Å². The van der Waals surface area contributed by atoms with Crippen LogP contribution in [0.1, 0.15) is 20.3 Å². The number of amides is 2. The average molecular weight is 687 g/mol. The summed E-state index contributed by atoms with van der Waals surface area (Å²) in [7, 11) is 0. The van der Waals surface area contributed by atoms with Gasteiger partial charge in [0.15, 0.2) is 17.1 Å². The van der Waals surface area contributed by atoms with Gasteiger partial charge in [-0.15, -0.1) is 16.8 Å². The Labute approximate surface area is 285 Å². The second-order valence-corrected chi connectivity index (χ2v) is 11.5. The number of anilines is 2. The number of aliphatic hydroxyl groups excluding tert-OH is 1. The van der Waals surface area contributed by atoms with E-state index < -0.39 is 11.3 Å². The Morgan fingerprint density at radius 2 is 1.27 bits per heavy atom. The molecule has 2 unspecified atom stereocenters. The molecule has 2 amide bonds. The summed E-state index contributed by atoms with van der Waals surface area (Å²) >= 11 is 2.14. The minimum absolute atomic E-state index is 0.110. The average Bonchev–Trinajstić information content (AvgIpc) is 3.95. The summed E-state index contributed by atoms with van der Waals surface area (Å²) < 4.78 is 9.99. The highest BCUT2D eigenvalue weighted by atomic mass is 32.2. The van der Waals surface area contributed by atoms with Crippen molar-refractivity contribution in [1.82, 2.24) is 30.4 Å². The Kier molecular flexibility index (Phi) is 13.8. The topological polar surface area (TPSA) is 188 Å². The number of para-hydroxylation sites is 2. The zero-order valence-electron chi connectivity index (χ0n) is 26.1. The lowest BCUT2D eigenvalue weighted by Crippen LogP contribution is -2.24. The smallest absolute Gasteiger partial charge is 0.264 e. The van der Waals surface area contributed by atoms with Crippen molar-refractivity contribution in [3.05, 3.63) is 111 Å². The quantitative estimate of drug-likeness (QED) is 0.0513. The third-order valence-electron chi connectivity index (χ3n) is 5.96. The number of carbonyl (C=O) groups excluding carboxylic acids is 2. The molecule has 15 heteroatoms. The molecule has 0 bridgehead atoms. The third kappa shape index (κ3) is 10.6. The van der Waals surface area contributed by atoms with Crippen molar-refractivity contribution in [1.29, 1.82) is 0 Å². The van der Waals surface area contributed by atoms with Crippen LogP contribution in [0.3, 0.4) is 0 Å². The Hall–Kier alpha value is -5.38. The molecule has 0 saturated heterocycles. The zero-order valence-corrected chi connectivity index (χ0v) is 27.7. The van der Waals surface area contributed by atoms with Gasteiger partial charge in [0.25, 0.3) is 5.91 Å². The lowest BCUT2D eigenvalue weighted by molar-refractivity contribution is -0.120. The van der Waals surface area contributed by atoms with E-state index in [4.69, 9.17) is 8.83 Å². The molecule has 48 heavy (non-hydrogen) atoms. The molecule has 13 nitrogen and oxygen atoms in total. The van der Waals surface area contributed by atoms with Gasteiger partial charge in [-0.1, -0.05) is 68.1 Å². The Balaban J connectivity index is 0.000000207. The molecular weight excluding hydrogens is 653 g/mol. The van der Waals surface area contributed by atoms with Gasteiger partial charge in [0, 0.05) is 11.4 Å². The predicted molar refractivity (Wildman–Crippen MR) is 186 cm³/mol. The number of aliphatic hydroxyl groups is 1. The summed E-state index contributed by atoms with van der Waals surface area (Å²) in [6, 6.07) is 21.7. The number of H-pyrrole nitrogens is 2. The van der Waals surface area contributed by atoms with Crippen molar-refractivity contribution in [3.63, 3.8) is 0 Å². The van der Waals surface area contributed by atoms with Crippen molar-refractivity contribution in [3.8, 4) is 22.8 Å². The Bertz CT molecular complexity index is 1810. The van der Waals surface area contributed by atoms with E-state index in [1.165, 1.54) is 24.3 Å².